The number of hydrogen-bond acceptors (Lipinski definition) is 4. The molecular weight excluding hydrogens is 302 g/mol. The smallest absolute Gasteiger partial charge is 0.242 e. The lowest BCUT2D eigenvalue weighted by molar-refractivity contribution is -0.138. The molecule has 5 heteroatoms. The van der Waals surface area contributed by atoms with Gasteiger partial charge in [-0.25, -0.2) is 0 Å². The van der Waals surface area contributed by atoms with Crippen LogP contribution in [0.3, 0.4) is 0 Å². The third-order valence-corrected chi connectivity index (χ3v) is 5.65. The molecule has 2 aliphatic rings. The number of hydrogen-bond donors (Lipinski definition) is 1. The quantitative estimate of drug-likeness (QED) is 0.919. The number of methoxy groups -OCH3 is 1. The van der Waals surface area contributed by atoms with E-state index in [4.69, 9.17) is 10.5 Å². The minimum atomic E-state index is -0.597. The lowest BCUT2D eigenvalue weighted by atomic mass is 9.96. The highest BCUT2D eigenvalue weighted by Crippen LogP contribution is 2.30. The summed E-state index contributed by atoms with van der Waals surface area (Å²) < 4.78 is 5.32. The molecule has 1 heterocycles. The van der Waals surface area contributed by atoms with Crippen molar-refractivity contribution in [1.29, 1.82) is 0 Å². The van der Waals surface area contributed by atoms with Gasteiger partial charge in [-0.3, -0.25) is 9.69 Å². The zero-order chi connectivity index (χ0) is 17.2. The molecule has 1 saturated carbocycles. The number of benzene rings is 1. The number of amides is 1. The van der Waals surface area contributed by atoms with E-state index in [2.05, 4.69) is 24.0 Å². The molecule has 3 rings (SSSR count). The number of ether oxygens (including phenoxy) is 1. The normalized spacial score (nSPS) is 22.4. The first-order valence-electron chi connectivity index (χ1n) is 9.00. The van der Waals surface area contributed by atoms with E-state index in [1.807, 2.05) is 17.0 Å². The van der Waals surface area contributed by atoms with Gasteiger partial charge in [0, 0.05) is 32.2 Å². The number of carbonyl (C=O) groups excluding carboxylic acids is 1. The number of rotatable bonds is 4. The lowest BCUT2D eigenvalue weighted by Crippen LogP contribution is -2.58. The lowest BCUT2D eigenvalue weighted by Gasteiger charge is -2.40. The van der Waals surface area contributed by atoms with Crippen molar-refractivity contribution in [2.75, 3.05) is 33.3 Å². The van der Waals surface area contributed by atoms with E-state index >= 15 is 0 Å². The fourth-order valence-electron chi connectivity index (χ4n) is 3.96. The van der Waals surface area contributed by atoms with E-state index in [0.29, 0.717) is 6.04 Å². The molecule has 1 atom stereocenters. The Morgan fingerprint density at radius 3 is 2.50 bits per heavy atom. The highest BCUT2D eigenvalue weighted by molar-refractivity contribution is 5.86. The van der Waals surface area contributed by atoms with Crippen molar-refractivity contribution >= 4 is 5.91 Å². The largest absolute Gasteiger partial charge is 0.497 e. The van der Waals surface area contributed by atoms with Crippen LogP contribution < -0.4 is 10.5 Å². The van der Waals surface area contributed by atoms with E-state index in [9.17, 15) is 4.79 Å². The molecule has 24 heavy (non-hydrogen) atoms. The van der Waals surface area contributed by atoms with Gasteiger partial charge in [0.1, 0.15) is 5.75 Å². The summed E-state index contributed by atoms with van der Waals surface area (Å²) in [5.41, 5.74) is 6.99. The molecule has 0 radical (unpaired) electrons. The maximum Gasteiger partial charge on any atom is 0.242 e. The second kappa shape index (κ2) is 7.11. The third-order valence-electron chi connectivity index (χ3n) is 5.65. The van der Waals surface area contributed by atoms with Gasteiger partial charge in [0.15, 0.2) is 0 Å². The first-order chi connectivity index (χ1) is 11.5. The van der Waals surface area contributed by atoms with Crippen molar-refractivity contribution in [2.45, 2.75) is 44.2 Å². The van der Waals surface area contributed by atoms with Crippen molar-refractivity contribution in [3.05, 3.63) is 29.8 Å². The average molecular weight is 331 g/mol. The van der Waals surface area contributed by atoms with Crippen LogP contribution >= 0.6 is 0 Å². The molecule has 1 aliphatic heterocycles. The van der Waals surface area contributed by atoms with Crippen LogP contribution in [0.5, 0.6) is 5.75 Å². The second-order valence-electron chi connectivity index (χ2n) is 7.14. The van der Waals surface area contributed by atoms with Gasteiger partial charge in [0.2, 0.25) is 5.91 Å². The summed E-state index contributed by atoms with van der Waals surface area (Å²) in [6, 6.07) is 8.54. The van der Waals surface area contributed by atoms with Gasteiger partial charge >= 0.3 is 0 Å². The monoisotopic (exact) mass is 331 g/mol. The predicted octanol–water partition coefficient (Wildman–Crippen LogP) is 2.17. The number of piperazine rings is 1. The highest BCUT2D eigenvalue weighted by atomic mass is 16.5. The molecule has 1 aromatic rings. The number of nitrogens with zero attached hydrogens (tertiary/aromatic N) is 2. The molecular formula is C19H29N3O2. The van der Waals surface area contributed by atoms with Crippen LogP contribution in [0.15, 0.2) is 24.3 Å². The summed E-state index contributed by atoms with van der Waals surface area (Å²) in [6.45, 7) is 5.53. The van der Waals surface area contributed by atoms with Crippen LogP contribution in [0.1, 0.15) is 44.2 Å². The van der Waals surface area contributed by atoms with E-state index < -0.39 is 5.54 Å². The van der Waals surface area contributed by atoms with Crippen LogP contribution in [-0.2, 0) is 4.79 Å². The van der Waals surface area contributed by atoms with Crippen molar-refractivity contribution in [2.24, 2.45) is 5.73 Å². The van der Waals surface area contributed by atoms with E-state index in [-0.39, 0.29) is 5.91 Å². The first kappa shape index (κ1) is 17.2. The second-order valence-corrected chi connectivity index (χ2v) is 7.14. The highest BCUT2D eigenvalue weighted by Gasteiger charge is 2.40. The Morgan fingerprint density at radius 1 is 1.21 bits per heavy atom. The van der Waals surface area contributed by atoms with Crippen LogP contribution in [0.25, 0.3) is 0 Å². The van der Waals surface area contributed by atoms with Crippen molar-refractivity contribution in [3.8, 4) is 5.75 Å². The van der Waals surface area contributed by atoms with Gasteiger partial charge in [-0.15, -0.1) is 0 Å². The molecule has 1 unspecified atom stereocenters. The summed E-state index contributed by atoms with van der Waals surface area (Å²) in [7, 11) is 1.69. The molecule has 2 fully saturated rings. The fourth-order valence-corrected chi connectivity index (χ4v) is 3.96. The van der Waals surface area contributed by atoms with Gasteiger partial charge in [0.05, 0.1) is 12.6 Å². The van der Waals surface area contributed by atoms with Gasteiger partial charge in [-0.05, 0) is 37.5 Å². The van der Waals surface area contributed by atoms with Crippen LogP contribution in [0.2, 0.25) is 0 Å². The summed E-state index contributed by atoms with van der Waals surface area (Å²) in [4.78, 5) is 17.1. The molecule has 0 bridgehead atoms. The molecule has 1 saturated heterocycles. The third kappa shape index (κ3) is 3.42. The van der Waals surface area contributed by atoms with Crippen molar-refractivity contribution < 1.29 is 9.53 Å². The van der Waals surface area contributed by atoms with Gasteiger partial charge in [0.25, 0.3) is 0 Å². The first-order valence-corrected chi connectivity index (χ1v) is 9.00. The van der Waals surface area contributed by atoms with Crippen LogP contribution in [-0.4, -0.2) is 54.5 Å². The molecule has 0 spiro atoms. The molecule has 5 nitrogen and oxygen atoms in total. The van der Waals surface area contributed by atoms with Crippen molar-refractivity contribution in [1.82, 2.24) is 9.80 Å². The number of carbonyl (C=O) groups is 1. The molecule has 1 aliphatic carbocycles. The molecule has 1 aromatic carbocycles. The van der Waals surface area contributed by atoms with E-state index in [1.54, 1.807) is 7.11 Å². The maximum atomic E-state index is 12.7. The van der Waals surface area contributed by atoms with Crippen LogP contribution in [0, 0.1) is 0 Å². The Hall–Kier alpha value is -1.59. The van der Waals surface area contributed by atoms with Crippen LogP contribution in [0.4, 0.5) is 0 Å². The molecule has 2 N–H and O–H groups in total. The maximum absolute atomic E-state index is 12.7. The molecule has 0 aromatic heterocycles. The Morgan fingerprint density at radius 2 is 1.88 bits per heavy atom. The Bertz CT molecular complexity index is 576. The fraction of sp³-hybridized carbons (Fsp3) is 0.632. The van der Waals surface area contributed by atoms with Gasteiger partial charge in [-0.1, -0.05) is 25.0 Å². The van der Waals surface area contributed by atoms with E-state index in [1.165, 1.54) is 5.56 Å². The summed E-state index contributed by atoms with van der Waals surface area (Å²) >= 11 is 0. The zero-order valence-electron chi connectivity index (χ0n) is 14.8. The summed E-state index contributed by atoms with van der Waals surface area (Å²) in [6.07, 6.45) is 3.84. The predicted molar refractivity (Wildman–Crippen MR) is 94.9 cm³/mol. The topological polar surface area (TPSA) is 58.8 Å². The summed E-state index contributed by atoms with van der Waals surface area (Å²) in [5.74, 6) is 1.05. The minimum Gasteiger partial charge on any atom is -0.497 e. The van der Waals surface area contributed by atoms with Crippen molar-refractivity contribution in [3.63, 3.8) is 0 Å². The Kier molecular flexibility index (Phi) is 5.11. The molecule has 132 valence electrons. The standard InChI is InChI=1S/C19H29N3O2/c1-15(16-6-5-7-17(14-16)24-2)21-10-12-22(13-11-21)18(23)19(20)8-3-4-9-19/h5-7,14-15H,3-4,8-13,20H2,1-2H3. The average Bonchev–Trinajstić information content (AvgIpc) is 3.08. The Labute approximate surface area is 144 Å². The minimum absolute atomic E-state index is 0.161. The van der Waals surface area contributed by atoms with Gasteiger partial charge < -0.3 is 15.4 Å². The number of nitrogens with two attached hydrogens (primary N) is 1. The molecule has 1 amide bonds. The Balaban J connectivity index is 1.59. The zero-order valence-corrected chi connectivity index (χ0v) is 14.8. The SMILES string of the molecule is COc1cccc(C(C)N2CCN(C(=O)C3(N)CCCC3)CC2)c1. The van der Waals surface area contributed by atoms with Gasteiger partial charge in [-0.2, -0.15) is 0 Å². The van der Waals surface area contributed by atoms with E-state index in [0.717, 1.165) is 57.6 Å². The summed E-state index contributed by atoms with van der Waals surface area (Å²) in [5, 5.41) is 0.